The van der Waals surface area contributed by atoms with Crippen LogP contribution in [0.4, 0.5) is 0 Å². The maximum Gasteiger partial charge on any atom is 0.189 e. The molecule has 0 saturated carbocycles. The Balaban J connectivity index is 2.02. The van der Waals surface area contributed by atoms with Gasteiger partial charge >= 0.3 is 0 Å². The summed E-state index contributed by atoms with van der Waals surface area (Å²) in [4.78, 5) is 26.3. The smallest absolute Gasteiger partial charge is 0.189 e. The zero-order valence-electron chi connectivity index (χ0n) is 18.1. The van der Waals surface area contributed by atoms with Crippen LogP contribution in [0.3, 0.4) is 0 Å². The largest absolute Gasteiger partial charge is 0.497 e. The number of hydrogen-bond acceptors (Lipinski definition) is 6. The van der Waals surface area contributed by atoms with Crippen molar-refractivity contribution < 1.29 is 27.5 Å². The molecule has 3 aromatic carbocycles. The molecule has 3 aromatic rings. The van der Waals surface area contributed by atoms with E-state index in [4.69, 9.17) is 9.47 Å². The molecule has 6 nitrogen and oxygen atoms in total. The predicted octanol–water partition coefficient (Wildman–Crippen LogP) is 4.31. The number of ketones is 2. The first-order valence-electron chi connectivity index (χ1n) is 9.92. The Morgan fingerprint density at radius 3 is 2.03 bits per heavy atom. The van der Waals surface area contributed by atoms with E-state index < -0.39 is 33.1 Å². The van der Waals surface area contributed by atoms with E-state index in [1.807, 2.05) is 6.92 Å². The van der Waals surface area contributed by atoms with Gasteiger partial charge in [0.2, 0.25) is 0 Å². The molecule has 0 aliphatic carbocycles. The zero-order valence-corrected chi connectivity index (χ0v) is 18.9. The molecular formula is C25H24O6S. The van der Waals surface area contributed by atoms with Crippen LogP contribution in [-0.4, -0.2) is 39.5 Å². The Hall–Kier alpha value is -3.45. The third kappa shape index (κ3) is 5.06. The molecule has 1 atom stereocenters. The van der Waals surface area contributed by atoms with Crippen LogP contribution >= 0.6 is 0 Å². The minimum absolute atomic E-state index is 0.00752. The molecule has 0 radical (unpaired) electrons. The number of benzene rings is 3. The van der Waals surface area contributed by atoms with Crippen molar-refractivity contribution >= 4 is 21.4 Å². The Kier molecular flexibility index (Phi) is 7.10. The van der Waals surface area contributed by atoms with Gasteiger partial charge in [-0.15, -0.1) is 0 Å². The summed E-state index contributed by atoms with van der Waals surface area (Å²) in [6.45, 7) is 1.84. The van der Waals surface area contributed by atoms with Crippen molar-refractivity contribution in [3.05, 3.63) is 89.5 Å². The normalized spacial score (nSPS) is 12.1. The van der Waals surface area contributed by atoms with Crippen LogP contribution in [0.1, 0.15) is 32.7 Å². The van der Waals surface area contributed by atoms with E-state index in [1.54, 1.807) is 48.5 Å². The van der Waals surface area contributed by atoms with Crippen LogP contribution in [0.15, 0.2) is 77.7 Å². The molecule has 0 N–H and O–H groups in total. The molecule has 3 rings (SSSR count). The van der Waals surface area contributed by atoms with E-state index in [9.17, 15) is 18.0 Å². The van der Waals surface area contributed by atoms with Gasteiger partial charge in [0.05, 0.1) is 19.1 Å². The average molecular weight is 453 g/mol. The standard InChI is InChI=1S/C25H24O6S/c1-17-7-13-22(14-8-17)32(28,29)24(25(27)19-5-4-6-21(15-19)31-3)16-23(26)18-9-11-20(30-2)12-10-18/h4-15,24H,16H2,1-3H3/t24-/m0/s1. The number of ether oxygens (including phenoxy) is 2. The molecule has 7 heteroatoms. The van der Waals surface area contributed by atoms with Crippen LogP contribution in [0.5, 0.6) is 11.5 Å². The molecule has 0 fully saturated rings. The maximum atomic E-state index is 13.5. The zero-order chi connectivity index (χ0) is 23.3. The number of sulfone groups is 1. The van der Waals surface area contributed by atoms with Crippen molar-refractivity contribution in [2.75, 3.05) is 14.2 Å². The predicted molar refractivity (Wildman–Crippen MR) is 121 cm³/mol. The molecule has 0 aromatic heterocycles. The minimum atomic E-state index is -4.14. The second kappa shape index (κ2) is 9.78. The van der Waals surface area contributed by atoms with Gasteiger partial charge in [0.15, 0.2) is 21.4 Å². The fraction of sp³-hybridized carbons (Fsp3) is 0.200. The van der Waals surface area contributed by atoms with Crippen LogP contribution in [0, 0.1) is 6.92 Å². The molecule has 0 bridgehead atoms. The fourth-order valence-electron chi connectivity index (χ4n) is 3.26. The topological polar surface area (TPSA) is 86.7 Å². The van der Waals surface area contributed by atoms with Crippen molar-refractivity contribution in [3.63, 3.8) is 0 Å². The highest BCUT2D eigenvalue weighted by atomic mass is 32.2. The number of carbonyl (C=O) groups is 2. The monoisotopic (exact) mass is 452 g/mol. The van der Waals surface area contributed by atoms with E-state index >= 15 is 0 Å². The Morgan fingerprint density at radius 2 is 1.44 bits per heavy atom. The molecule has 32 heavy (non-hydrogen) atoms. The Morgan fingerprint density at radius 1 is 0.812 bits per heavy atom. The van der Waals surface area contributed by atoms with Crippen molar-refractivity contribution in [2.24, 2.45) is 0 Å². The molecule has 0 unspecified atom stereocenters. The second-order valence-electron chi connectivity index (χ2n) is 7.30. The molecule has 0 saturated heterocycles. The van der Waals surface area contributed by atoms with Crippen molar-refractivity contribution in [2.45, 2.75) is 23.5 Å². The van der Waals surface area contributed by atoms with Gasteiger partial charge in [-0.05, 0) is 55.5 Å². The van der Waals surface area contributed by atoms with Gasteiger partial charge in [-0.3, -0.25) is 9.59 Å². The number of rotatable bonds is 9. The highest BCUT2D eigenvalue weighted by Gasteiger charge is 2.36. The van der Waals surface area contributed by atoms with E-state index in [2.05, 4.69) is 0 Å². The summed E-state index contributed by atoms with van der Waals surface area (Å²) in [7, 11) is -1.17. The van der Waals surface area contributed by atoms with Gasteiger partial charge in [-0.25, -0.2) is 8.42 Å². The SMILES string of the molecule is COc1ccc(C(=O)C[C@@H](C(=O)c2cccc(OC)c2)S(=O)(=O)c2ccc(C)cc2)cc1. The number of carbonyl (C=O) groups excluding carboxylic acids is 2. The Bertz CT molecular complexity index is 1210. The van der Waals surface area contributed by atoms with Crippen LogP contribution in [-0.2, 0) is 9.84 Å². The molecule has 0 amide bonds. The lowest BCUT2D eigenvalue weighted by atomic mass is 10.0. The van der Waals surface area contributed by atoms with Crippen LogP contribution < -0.4 is 9.47 Å². The lowest BCUT2D eigenvalue weighted by molar-refractivity contribution is 0.0920. The number of methoxy groups -OCH3 is 2. The summed E-state index contributed by atoms with van der Waals surface area (Å²) in [5.74, 6) is -0.127. The average Bonchev–Trinajstić information content (AvgIpc) is 2.82. The van der Waals surface area contributed by atoms with Crippen molar-refractivity contribution in [1.82, 2.24) is 0 Å². The summed E-state index contributed by atoms with van der Waals surface area (Å²) in [6, 6.07) is 18.8. The van der Waals surface area contributed by atoms with Gasteiger partial charge in [-0.1, -0.05) is 29.8 Å². The summed E-state index contributed by atoms with van der Waals surface area (Å²) in [6.07, 6.45) is -0.488. The van der Waals surface area contributed by atoms with E-state index in [1.165, 1.54) is 38.5 Å². The van der Waals surface area contributed by atoms with Gasteiger partial charge in [0.1, 0.15) is 16.7 Å². The third-order valence-electron chi connectivity index (χ3n) is 5.15. The summed E-state index contributed by atoms with van der Waals surface area (Å²) in [5.41, 5.74) is 1.34. The summed E-state index contributed by atoms with van der Waals surface area (Å²) in [5, 5.41) is -1.58. The quantitative estimate of drug-likeness (QED) is 0.450. The molecule has 0 spiro atoms. The molecular weight excluding hydrogens is 428 g/mol. The third-order valence-corrected chi connectivity index (χ3v) is 7.21. The molecule has 0 heterocycles. The second-order valence-corrected chi connectivity index (χ2v) is 9.43. The van der Waals surface area contributed by atoms with E-state index in [0.29, 0.717) is 17.1 Å². The number of aryl methyl sites for hydroxylation is 1. The lowest BCUT2D eigenvalue weighted by Crippen LogP contribution is -2.33. The molecule has 166 valence electrons. The molecule has 0 aliphatic rings. The Labute approximate surface area is 187 Å². The highest BCUT2D eigenvalue weighted by molar-refractivity contribution is 7.92. The fourth-order valence-corrected chi connectivity index (χ4v) is 4.89. The van der Waals surface area contributed by atoms with Gasteiger partial charge in [0, 0.05) is 17.5 Å². The highest BCUT2D eigenvalue weighted by Crippen LogP contribution is 2.26. The molecule has 0 aliphatic heterocycles. The lowest BCUT2D eigenvalue weighted by Gasteiger charge is -2.17. The van der Waals surface area contributed by atoms with Crippen LogP contribution in [0.2, 0.25) is 0 Å². The van der Waals surface area contributed by atoms with Gasteiger partial charge in [0.25, 0.3) is 0 Å². The van der Waals surface area contributed by atoms with Gasteiger partial charge < -0.3 is 9.47 Å². The number of Topliss-reactive ketones (excluding diaryl/α,β-unsaturated/α-hetero) is 2. The van der Waals surface area contributed by atoms with E-state index in [0.717, 1.165) is 5.56 Å². The van der Waals surface area contributed by atoms with Crippen molar-refractivity contribution in [3.8, 4) is 11.5 Å². The minimum Gasteiger partial charge on any atom is -0.497 e. The van der Waals surface area contributed by atoms with Gasteiger partial charge in [-0.2, -0.15) is 0 Å². The van der Waals surface area contributed by atoms with E-state index in [-0.39, 0.29) is 10.5 Å². The first-order chi connectivity index (χ1) is 15.3. The van der Waals surface area contributed by atoms with Crippen molar-refractivity contribution in [1.29, 1.82) is 0 Å². The maximum absolute atomic E-state index is 13.5. The van der Waals surface area contributed by atoms with Crippen LogP contribution in [0.25, 0.3) is 0 Å². The number of hydrogen-bond donors (Lipinski definition) is 0. The summed E-state index contributed by atoms with van der Waals surface area (Å²) >= 11 is 0. The summed E-state index contributed by atoms with van der Waals surface area (Å²) < 4.78 is 37.2. The first-order valence-corrected chi connectivity index (χ1v) is 11.5. The first kappa shape index (κ1) is 23.2.